The number of rotatable bonds is 3. The van der Waals surface area contributed by atoms with Crippen LogP contribution in [0.15, 0.2) is 24.3 Å². The van der Waals surface area contributed by atoms with Gasteiger partial charge < -0.3 is 19.9 Å². The number of hydrogen-bond donors (Lipinski definition) is 2. The molecule has 5 nitrogen and oxygen atoms in total. The van der Waals surface area contributed by atoms with Crippen LogP contribution in [0.2, 0.25) is 0 Å². The van der Waals surface area contributed by atoms with Crippen molar-refractivity contribution in [3.8, 4) is 5.75 Å². The molecule has 1 atom stereocenters. The van der Waals surface area contributed by atoms with E-state index in [0.29, 0.717) is 5.69 Å². The molecule has 1 aromatic carbocycles. The van der Waals surface area contributed by atoms with Crippen molar-refractivity contribution in [1.29, 1.82) is 0 Å². The first-order valence-corrected chi connectivity index (χ1v) is 6.82. The summed E-state index contributed by atoms with van der Waals surface area (Å²) >= 11 is 0. The van der Waals surface area contributed by atoms with Crippen molar-refractivity contribution in [2.75, 3.05) is 27.2 Å². The maximum atomic E-state index is 12.3. The van der Waals surface area contributed by atoms with E-state index < -0.39 is 0 Å². The molecule has 106 valence electrons. The van der Waals surface area contributed by atoms with Gasteiger partial charge in [0.15, 0.2) is 0 Å². The van der Waals surface area contributed by atoms with Gasteiger partial charge in [-0.05, 0) is 38.2 Å². The number of aromatic amines is 1. The van der Waals surface area contributed by atoms with Gasteiger partial charge in [0.2, 0.25) is 0 Å². The van der Waals surface area contributed by atoms with E-state index in [9.17, 15) is 4.79 Å². The lowest BCUT2D eigenvalue weighted by Gasteiger charge is -2.11. The molecule has 2 aromatic rings. The number of likely N-dealkylation sites (tertiary alicyclic amines) is 1. The van der Waals surface area contributed by atoms with Crippen molar-refractivity contribution in [1.82, 2.24) is 15.2 Å². The summed E-state index contributed by atoms with van der Waals surface area (Å²) in [7, 11) is 3.70. The Morgan fingerprint density at radius 2 is 2.35 bits per heavy atom. The molecule has 1 aliphatic rings. The number of methoxy groups -OCH3 is 1. The van der Waals surface area contributed by atoms with Gasteiger partial charge in [-0.1, -0.05) is 6.07 Å². The Hall–Kier alpha value is -2.01. The topological polar surface area (TPSA) is 57.4 Å². The Kier molecular flexibility index (Phi) is 3.36. The molecule has 1 amide bonds. The van der Waals surface area contributed by atoms with Crippen LogP contribution in [-0.2, 0) is 0 Å². The maximum absolute atomic E-state index is 12.3. The molecule has 0 spiro atoms. The van der Waals surface area contributed by atoms with Crippen LogP contribution in [0.1, 0.15) is 16.9 Å². The van der Waals surface area contributed by atoms with Crippen LogP contribution < -0.4 is 10.1 Å². The van der Waals surface area contributed by atoms with Crippen LogP contribution in [0.3, 0.4) is 0 Å². The van der Waals surface area contributed by atoms with Crippen molar-refractivity contribution in [2.45, 2.75) is 12.5 Å². The third-order valence-corrected chi connectivity index (χ3v) is 3.82. The number of benzene rings is 1. The molecular formula is C15H19N3O2. The largest absolute Gasteiger partial charge is 0.496 e. The third-order valence-electron chi connectivity index (χ3n) is 3.82. The second-order valence-electron chi connectivity index (χ2n) is 5.33. The van der Waals surface area contributed by atoms with Crippen molar-refractivity contribution in [3.05, 3.63) is 30.0 Å². The average molecular weight is 273 g/mol. The van der Waals surface area contributed by atoms with Gasteiger partial charge >= 0.3 is 0 Å². The number of H-pyrrole nitrogens is 1. The third kappa shape index (κ3) is 2.36. The second kappa shape index (κ2) is 5.17. The van der Waals surface area contributed by atoms with Crippen LogP contribution in [0.5, 0.6) is 5.75 Å². The van der Waals surface area contributed by atoms with E-state index in [1.807, 2.05) is 24.3 Å². The Morgan fingerprint density at radius 3 is 3.05 bits per heavy atom. The highest BCUT2D eigenvalue weighted by atomic mass is 16.5. The quantitative estimate of drug-likeness (QED) is 0.893. The van der Waals surface area contributed by atoms with E-state index in [4.69, 9.17) is 4.74 Å². The number of hydrogen-bond acceptors (Lipinski definition) is 3. The van der Waals surface area contributed by atoms with Gasteiger partial charge in [0.1, 0.15) is 11.4 Å². The predicted octanol–water partition coefficient (Wildman–Crippen LogP) is 1.61. The lowest BCUT2D eigenvalue weighted by atomic mass is 10.2. The van der Waals surface area contributed by atoms with Crippen molar-refractivity contribution in [3.63, 3.8) is 0 Å². The monoisotopic (exact) mass is 273 g/mol. The fourth-order valence-corrected chi connectivity index (χ4v) is 2.74. The smallest absolute Gasteiger partial charge is 0.267 e. The molecule has 0 bridgehead atoms. The average Bonchev–Trinajstić information content (AvgIpc) is 3.04. The van der Waals surface area contributed by atoms with Crippen LogP contribution in [0, 0.1) is 0 Å². The van der Waals surface area contributed by atoms with Gasteiger partial charge in [0.25, 0.3) is 5.91 Å². The number of ether oxygens (including phenoxy) is 1. The fraction of sp³-hybridized carbons (Fsp3) is 0.400. The van der Waals surface area contributed by atoms with Gasteiger partial charge in [-0.2, -0.15) is 0 Å². The minimum Gasteiger partial charge on any atom is -0.496 e. The first kappa shape index (κ1) is 13.0. The zero-order valence-corrected chi connectivity index (χ0v) is 11.8. The molecule has 2 heterocycles. The number of nitrogens with one attached hydrogen (secondary N) is 2. The summed E-state index contributed by atoms with van der Waals surface area (Å²) in [6.07, 6.45) is 1.01. The number of carbonyl (C=O) groups excluding carboxylic acids is 1. The second-order valence-corrected chi connectivity index (χ2v) is 5.33. The fourth-order valence-electron chi connectivity index (χ4n) is 2.74. The molecule has 1 fully saturated rings. The molecule has 1 aliphatic heterocycles. The van der Waals surface area contributed by atoms with E-state index in [1.165, 1.54) is 0 Å². The summed E-state index contributed by atoms with van der Waals surface area (Å²) in [4.78, 5) is 17.6. The molecule has 1 aromatic heterocycles. The number of fused-ring (bicyclic) bond motifs is 1. The zero-order valence-electron chi connectivity index (χ0n) is 11.8. The summed E-state index contributed by atoms with van der Waals surface area (Å²) in [6.45, 7) is 1.95. The molecule has 1 saturated heterocycles. The number of carbonyl (C=O) groups is 1. The summed E-state index contributed by atoms with van der Waals surface area (Å²) < 4.78 is 5.31. The SMILES string of the molecule is COc1cccc2[nH]c(C(=O)N[C@@H]3CCN(C)C3)cc12. The highest BCUT2D eigenvalue weighted by Gasteiger charge is 2.22. The molecule has 20 heavy (non-hydrogen) atoms. The molecule has 0 aliphatic carbocycles. The van der Waals surface area contributed by atoms with Gasteiger partial charge in [-0.25, -0.2) is 0 Å². The maximum Gasteiger partial charge on any atom is 0.267 e. The summed E-state index contributed by atoms with van der Waals surface area (Å²) in [5, 5.41) is 4.01. The van der Waals surface area contributed by atoms with Gasteiger partial charge in [-0.15, -0.1) is 0 Å². The molecule has 3 rings (SSSR count). The van der Waals surface area contributed by atoms with Gasteiger partial charge in [0.05, 0.1) is 7.11 Å². The highest BCUT2D eigenvalue weighted by molar-refractivity contribution is 5.99. The van der Waals surface area contributed by atoms with E-state index in [0.717, 1.165) is 36.2 Å². The normalized spacial score (nSPS) is 19.4. The van der Waals surface area contributed by atoms with Crippen LogP contribution in [0.25, 0.3) is 10.9 Å². The summed E-state index contributed by atoms with van der Waals surface area (Å²) in [5.74, 6) is 0.724. The van der Waals surface area contributed by atoms with E-state index in [-0.39, 0.29) is 11.9 Å². The zero-order chi connectivity index (χ0) is 14.1. The minimum atomic E-state index is -0.0523. The van der Waals surface area contributed by atoms with Crippen molar-refractivity contribution >= 4 is 16.8 Å². The number of amides is 1. The number of aromatic nitrogens is 1. The molecular weight excluding hydrogens is 254 g/mol. The van der Waals surface area contributed by atoms with Crippen LogP contribution in [0.4, 0.5) is 0 Å². The Bertz CT molecular complexity index is 635. The summed E-state index contributed by atoms with van der Waals surface area (Å²) in [6, 6.07) is 7.83. The van der Waals surface area contributed by atoms with Gasteiger partial charge in [0, 0.05) is 23.5 Å². The first-order valence-electron chi connectivity index (χ1n) is 6.82. The van der Waals surface area contributed by atoms with Crippen molar-refractivity contribution < 1.29 is 9.53 Å². The van der Waals surface area contributed by atoms with E-state index in [1.54, 1.807) is 7.11 Å². The molecule has 0 saturated carbocycles. The standard InChI is InChI=1S/C15H19N3O2/c1-18-7-6-10(9-18)16-15(19)13-8-11-12(17-13)4-3-5-14(11)20-2/h3-5,8,10,17H,6-7,9H2,1-2H3,(H,16,19)/t10-/m1/s1. The minimum absolute atomic E-state index is 0.0523. The summed E-state index contributed by atoms with van der Waals surface area (Å²) in [5.41, 5.74) is 1.50. The molecule has 2 N–H and O–H groups in total. The van der Waals surface area contributed by atoms with Crippen LogP contribution in [-0.4, -0.2) is 49.1 Å². The Balaban J connectivity index is 1.81. The van der Waals surface area contributed by atoms with Crippen LogP contribution >= 0.6 is 0 Å². The number of likely N-dealkylation sites (N-methyl/N-ethyl adjacent to an activating group) is 1. The molecule has 0 unspecified atom stereocenters. The van der Waals surface area contributed by atoms with Crippen molar-refractivity contribution in [2.24, 2.45) is 0 Å². The van der Waals surface area contributed by atoms with Gasteiger partial charge in [-0.3, -0.25) is 4.79 Å². The Morgan fingerprint density at radius 1 is 1.50 bits per heavy atom. The lowest BCUT2D eigenvalue weighted by Crippen LogP contribution is -2.36. The highest BCUT2D eigenvalue weighted by Crippen LogP contribution is 2.26. The molecule has 0 radical (unpaired) electrons. The number of nitrogens with zero attached hydrogens (tertiary/aromatic N) is 1. The molecule has 5 heteroatoms. The van der Waals surface area contributed by atoms with E-state index in [2.05, 4.69) is 22.2 Å². The lowest BCUT2D eigenvalue weighted by molar-refractivity contribution is 0.0934. The van der Waals surface area contributed by atoms with E-state index >= 15 is 0 Å². The Labute approximate surface area is 117 Å². The first-order chi connectivity index (χ1) is 9.67. The predicted molar refractivity (Wildman–Crippen MR) is 78.2 cm³/mol.